The highest BCUT2D eigenvalue weighted by Gasteiger charge is 2.31. The largest absolute Gasteiger partial charge is 0.399 e. The number of nitrogen functional groups attached to an aromatic ring is 2. The standard InChI is InChI=1S/C10H8N2O4S.C10H9NO6S2/c11-6-1-2-7-5(3-6)4-8(17(14,15)16)9(12)10(7)13;11-8-5-4-6-7(10(8)19(15,16)17)2-1-3-9(6)18(12,13)14/h1-4,12H,11H2,(H,14,15,16);1-5H,11H2,(H,12,13,14)(H,15,16,17). The Bertz CT molecular complexity index is 1810. The smallest absolute Gasteiger partial charge is 0.297 e. The van der Waals surface area contributed by atoms with Crippen LogP contribution in [0.1, 0.15) is 15.9 Å². The average molecular weight is 556 g/mol. The summed E-state index contributed by atoms with van der Waals surface area (Å²) >= 11 is 0. The molecule has 3 aromatic rings. The third kappa shape index (κ3) is 5.27. The van der Waals surface area contributed by atoms with Crippen LogP contribution in [0.4, 0.5) is 11.4 Å². The van der Waals surface area contributed by atoms with E-state index in [1.54, 1.807) is 0 Å². The van der Waals surface area contributed by atoms with Gasteiger partial charge in [0.2, 0.25) is 5.78 Å². The molecule has 3 aromatic carbocycles. The van der Waals surface area contributed by atoms with Crippen molar-refractivity contribution in [3.05, 3.63) is 64.6 Å². The van der Waals surface area contributed by atoms with Crippen molar-refractivity contribution in [2.24, 2.45) is 0 Å². The number of allylic oxidation sites excluding steroid dienone is 1. The van der Waals surface area contributed by atoms with E-state index in [0.717, 1.165) is 18.2 Å². The van der Waals surface area contributed by atoms with Gasteiger partial charge in [-0.15, -0.1) is 0 Å². The van der Waals surface area contributed by atoms with Gasteiger partial charge in [-0.3, -0.25) is 23.9 Å². The molecule has 0 heterocycles. The van der Waals surface area contributed by atoms with Crippen molar-refractivity contribution < 1.29 is 43.7 Å². The summed E-state index contributed by atoms with van der Waals surface area (Å²) in [6, 6.07) is 10.3. The lowest BCUT2D eigenvalue weighted by Crippen LogP contribution is -2.25. The first-order chi connectivity index (χ1) is 16.4. The molecule has 0 unspecified atom stereocenters. The summed E-state index contributed by atoms with van der Waals surface area (Å²) in [6.45, 7) is 0. The Hall–Kier alpha value is -3.67. The number of rotatable bonds is 3. The van der Waals surface area contributed by atoms with E-state index in [1.807, 2.05) is 0 Å². The van der Waals surface area contributed by atoms with Gasteiger partial charge in [-0.1, -0.05) is 18.2 Å². The maximum atomic E-state index is 11.7. The number of ketones is 1. The number of carbonyl (C=O) groups is 1. The van der Waals surface area contributed by atoms with Crippen LogP contribution < -0.4 is 11.5 Å². The molecule has 190 valence electrons. The van der Waals surface area contributed by atoms with Crippen molar-refractivity contribution in [3.8, 4) is 0 Å². The Morgan fingerprint density at radius 3 is 1.94 bits per heavy atom. The van der Waals surface area contributed by atoms with Crippen LogP contribution in [0.2, 0.25) is 0 Å². The van der Waals surface area contributed by atoms with E-state index in [2.05, 4.69) is 0 Å². The third-order valence-corrected chi connectivity index (χ3v) is 7.66. The van der Waals surface area contributed by atoms with Crippen LogP contribution in [-0.2, 0) is 30.4 Å². The molecule has 0 saturated heterocycles. The number of nitrogens with two attached hydrogens (primary N) is 2. The van der Waals surface area contributed by atoms with Crippen LogP contribution in [0.15, 0.2) is 63.2 Å². The van der Waals surface area contributed by atoms with Crippen LogP contribution in [0.5, 0.6) is 0 Å². The fourth-order valence-corrected chi connectivity index (χ4v) is 5.56. The molecule has 0 amide bonds. The van der Waals surface area contributed by atoms with Crippen LogP contribution in [-0.4, -0.2) is 50.4 Å². The van der Waals surface area contributed by atoms with E-state index in [0.29, 0.717) is 5.69 Å². The first-order valence-electron chi connectivity index (χ1n) is 9.41. The highest BCUT2D eigenvalue weighted by molar-refractivity contribution is 7.91. The monoisotopic (exact) mass is 555 g/mol. The van der Waals surface area contributed by atoms with Gasteiger partial charge in [-0.05, 0) is 42.0 Å². The predicted molar refractivity (Wildman–Crippen MR) is 130 cm³/mol. The third-order valence-electron chi connectivity index (χ3n) is 4.90. The summed E-state index contributed by atoms with van der Waals surface area (Å²) in [6.07, 6.45) is 1.06. The van der Waals surface area contributed by atoms with Gasteiger partial charge in [0.15, 0.2) is 0 Å². The molecule has 0 spiro atoms. The first-order valence-corrected chi connectivity index (χ1v) is 13.7. The minimum absolute atomic E-state index is 0.0492. The Kier molecular flexibility index (Phi) is 6.79. The summed E-state index contributed by atoms with van der Waals surface area (Å²) in [7, 11) is -13.7. The molecule has 16 heteroatoms. The number of nitrogens with one attached hydrogen (secondary N) is 1. The van der Waals surface area contributed by atoms with Gasteiger partial charge >= 0.3 is 0 Å². The van der Waals surface area contributed by atoms with Crippen molar-refractivity contribution in [1.82, 2.24) is 0 Å². The van der Waals surface area contributed by atoms with Gasteiger partial charge in [0.1, 0.15) is 20.4 Å². The molecule has 0 saturated carbocycles. The second-order valence-corrected chi connectivity index (χ2v) is 11.5. The van der Waals surface area contributed by atoms with Gasteiger partial charge in [-0.2, -0.15) is 25.3 Å². The van der Waals surface area contributed by atoms with Gasteiger partial charge in [0.25, 0.3) is 30.4 Å². The molecule has 0 aromatic heterocycles. The number of anilines is 2. The highest BCUT2D eigenvalue weighted by Crippen LogP contribution is 2.32. The maximum Gasteiger partial charge on any atom is 0.297 e. The second-order valence-electron chi connectivity index (χ2n) is 7.32. The second kappa shape index (κ2) is 9.08. The number of benzene rings is 3. The molecule has 8 N–H and O–H groups in total. The van der Waals surface area contributed by atoms with Crippen LogP contribution >= 0.6 is 0 Å². The lowest BCUT2D eigenvalue weighted by molar-refractivity contribution is 0.106. The van der Waals surface area contributed by atoms with Gasteiger partial charge in [-0.25, -0.2) is 0 Å². The zero-order valence-corrected chi connectivity index (χ0v) is 20.2. The van der Waals surface area contributed by atoms with Crippen LogP contribution in [0.25, 0.3) is 16.8 Å². The number of hydrogen-bond donors (Lipinski definition) is 6. The molecule has 1 aliphatic carbocycles. The maximum absolute atomic E-state index is 11.7. The molecule has 13 nitrogen and oxygen atoms in total. The lowest BCUT2D eigenvalue weighted by atomic mass is 9.94. The van der Waals surface area contributed by atoms with E-state index in [4.69, 9.17) is 30.5 Å². The zero-order chi connectivity index (χ0) is 27.2. The molecular weight excluding hydrogens is 538 g/mol. The van der Waals surface area contributed by atoms with Crippen molar-refractivity contribution in [2.75, 3.05) is 11.5 Å². The summed E-state index contributed by atoms with van der Waals surface area (Å²) < 4.78 is 94.1. The quantitative estimate of drug-likeness (QED) is 0.199. The molecule has 0 fully saturated rings. The number of hydrogen-bond acceptors (Lipinski definition) is 10. The van der Waals surface area contributed by atoms with Crippen LogP contribution in [0.3, 0.4) is 0 Å². The molecule has 0 bridgehead atoms. The van der Waals surface area contributed by atoms with Gasteiger partial charge < -0.3 is 11.5 Å². The molecular formula is C20H17N3O10S3. The Morgan fingerprint density at radius 2 is 1.39 bits per heavy atom. The topological polar surface area (TPSA) is 256 Å². The van der Waals surface area contributed by atoms with Gasteiger partial charge in [0.05, 0.1) is 5.69 Å². The van der Waals surface area contributed by atoms with E-state index in [-0.39, 0.29) is 27.6 Å². The fraction of sp³-hybridized carbons (Fsp3) is 0. The minimum Gasteiger partial charge on any atom is -0.399 e. The highest BCUT2D eigenvalue weighted by atomic mass is 32.2. The summed E-state index contributed by atoms with van der Waals surface area (Å²) in [5.74, 6) is -0.755. The number of Topliss-reactive ketones (excluding diaryl/α,β-unsaturated/α-hetero) is 1. The van der Waals surface area contributed by atoms with E-state index >= 15 is 0 Å². The summed E-state index contributed by atoms with van der Waals surface area (Å²) in [5, 5.41) is 7.27. The Labute approximate surface area is 204 Å². The molecule has 0 aliphatic heterocycles. The van der Waals surface area contributed by atoms with Crippen molar-refractivity contribution >= 4 is 70.1 Å². The van der Waals surface area contributed by atoms with E-state index in [1.165, 1.54) is 36.4 Å². The predicted octanol–water partition coefficient (Wildman–Crippen LogP) is 1.63. The van der Waals surface area contributed by atoms with Crippen molar-refractivity contribution in [2.45, 2.75) is 9.79 Å². The zero-order valence-electron chi connectivity index (χ0n) is 17.8. The molecule has 0 radical (unpaired) electrons. The number of carbonyl (C=O) groups excluding carboxylic acids is 1. The molecule has 4 rings (SSSR count). The minimum atomic E-state index is -4.62. The van der Waals surface area contributed by atoms with E-state index in [9.17, 15) is 30.0 Å². The lowest BCUT2D eigenvalue weighted by Gasteiger charge is -2.14. The SMILES string of the molecule is N=C1C(=O)c2ccc(N)cc2C=C1S(=O)(=O)O.Nc1ccc2c(S(=O)(=O)O)cccc2c1S(=O)(=O)O. The normalized spacial score (nSPS) is 14.0. The average Bonchev–Trinajstić information content (AvgIpc) is 2.73. The molecule has 0 atom stereocenters. The van der Waals surface area contributed by atoms with Crippen molar-refractivity contribution in [1.29, 1.82) is 5.41 Å². The molecule has 1 aliphatic rings. The van der Waals surface area contributed by atoms with E-state index < -0.39 is 56.5 Å². The Balaban J connectivity index is 0.000000202. The summed E-state index contributed by atoms with van der Waals surface area (Å²) in [4.78, 5) is 9.94. The first kappa shape index (κ1) is 26.9. The Morgan fingerprint density at radius 1 is 0.750 bits per heavy atom. The van der Waals surface area contributed by atoms with Crippen LogP contribution in [0, 0.1) is 5.41 Å². The molecule has 36 heavy (non-hydrogen) atoms. The fourth-order valence-electron chi connectivity index (χ4n) is 3.40. The summed E-state index contributed by atoms with van der Waals surface area (Å²) in [5.41, 5.74) is 10.9. The van der Waals surface area contributed by atoms with Gasteiger partial charge in [0, 0.05) is 22.0 Å². The van der Waals surface area contributed by atoms with Crippen molar-refractivity contribution in [3.63, 3.8) is 0 Å². The number of fused-ring (bicyclic) bond motifs is 2.